The highest BCUT2D eigenvalue weighted by molar-refractivity contribution is 7.89. The largest absolute Gasteiger partial charge is 0.276 e. The van der Waals surface area contributed by atoms with E-state index in [2.05, 4.69) is 9.93 Å². The van der Waals surface area contributed by atoms with Crippen molar-refractivity contribution in [1.82, 2.24) is 4.83 Å². The van der Waals surface area contributed by atoms with E-state index >= 15 is 0 Å². The summed E-state index contributed by atoms with van der Waals surface area (Å²) in [4.78, 5) is 2.52. The summed E-state index contributed by atoms with van der Waals surface area (Å²) in [5.41, 5.74) is 2.47. The topological polar surface area (TPSA) is 58.5 Å². The number of hydrogen-bond acceptors (Lipinski definition) is 3. The third-order valence-electron chi connectivity index (χ3n) is 4.57. The number of rotatable bonds is 6. The molecule has 0 saturated carbocycles. The summed E-state index contributed by atoms with van der Waals surface area (Å²) < 4.78 is 25.0. The quantitative estimate of drug-likeness (QED) is 0.514. The minimum absolute atomic E-state index is 0.186. The molecule has 1 N–H and O–H groups in total. The Balaban J connectivity index is 1.92. The van der Waals surface area contributed by atoms with Crippen molar-refractivity contribution in [3.63, 3.8) is 0 Å². The summed E-state index contributed by atoms with van der Waals surface area (Å²) in [5.74, 6) is 0. The molecular weight excluding hydrogens is 356 g/mol. The SMILES string of the molecule is Cc1ccc(S(=O)(=O)N/N=C/C(C)(c2ccccc2)c2ccccc2)cc1. The van der Waals surface area contributed by atoms with Crippen LogP contribution in [0.1, 0.15) is 23.6 Å². The number of sulfonamides is 1. The van der Waals surface area contributed by atoms with Crippen molar-refractivity contribution in [1.29, 1.82) is 0 Å². The summed E-state index contributed by atoms with van der Waals surface area (Å²) in [6.07, 6.45) is 1.64. The lowest BCUT2D eigenvalue weighted by Crippen LogP contribution is -2.28. The minimum atomic E-state index is -3.71. The lowest BCUT2D eigenvalue weighted by molar-refractivity contribution is 0.584. The van der Waals surface area contributed by atoms with Crippen molar-refractivity contribution < 1.29 is 8.42 Å². The Kier molecular flexibility index (Phi) is 5.42. The molecule has 0 spiro atoms. The average molecular weight is 378 g/mol. The Morgan fingerprint density at radius 2 is 1.30 bits per heavy atom. The first-order valence-corrected chi connectivity index (χ1v) is 10.1. The van der Waals surface area contributed by atoms with Gasteiger partial charge in [-0.2, -0.15) is 13.5 Å². The monoisotopic (exact) mass is 378 g/mol. The van der Waals surface area contributed by atoms with Gasteiger partial charge in [0.2, 0.25) is 0 Å². The highest BCUT2D eigenvalue weighted by atomic mass is 32.2. The summed E-state index contributed by atoms with van der Waals surface area (Å²) >= 11 is 0. The molecule has 0 aromatic heterocycles. The molecule has 0 aliphatic rings. The number of hydrogen-bond donors (Lipinski definition) is 1. The van der Waals surface area contributed by atoms with E-state index in [1.807, 2.05) is 74.5 Å². The van der Waals surface area contributed by atoms with Crippen LogP contribution >= 0.6 is 0 Å². The van der Waals surface area contributed by atoms with Crippen LogP contribution in [-0.4, -0.2) is 14.6 Å². The molecule has 0 fully saturated rings. The van der Waals surface area contributed by atoms with E-state index in [1.165, 1.54) is 0 Å². The first-order chi connectivity index (χ1) is 12.9. The molecule has 138 valence electrons. The van der Waals surface area contributed by atoms with Gasteiger partial charge in [0.25, 0.3) is 10.0 Å². The van der Waals surface area contributed by atoms with Gasteiger partial charge in [-0.1, -0.05) is 78.4 Å². The molecule has 3 aromatic carbocycles. The highest BCUT2D eigenvalue weighted by Crippen LogP contribution is 2.30. The molecule has 0 unspecified atom stereocenters. The Morgan fingerprint density at radius 3 is 1.78 bits per heavy atom. The molecule has 27 heavy (non-hydrogen) atoms. The molecule has 0 aliphatic carbocycles. The van der Waals surface area contributed by atoms with E-state index in [9.17, 15) is 8.42 Å². The van der Waals surface area contributed by atoms with Crippen LogP contribution < -0.4 is 4.83 Å². The fourth-order valence-electron chi connectivity index (χ4n) is 2.88. The van der Waals surface area contributed by atoms with E-state index in [4.69, 9.17) is 0 Å². The molecular formula is C22H22N2O2S. The molecule has 0 amide bonds. The predicted molar refractivity (Wildman–Crippen MR) is 109 cm³/mol. The van der Waals surface area contributed by atoms with Crippen molar-refractivity contribution in [2.24, 2.45) is 5.10 Å². The second-order valence-electron chi connectivity index (χ2n) is 6.60. The molecule has 5 heteroatoms. The van der Waals surface area contributed by atoms with Gasteiger partial charge >= 0.3 is 0 Å². The Labute approximate surface area is 160 Å². The molecule has 0 atom stereocenters. The smallest absolute Gasteiger partial charge is 0.200 e. The van der Waals surface area contributed by atoms with Crippen molar-refractivity contribution in [3.05, 3.63) is 102 Å². The lowest BCUT2D eigenvalue weighted by Gasteiger charge is -2.26. The zero-order valence-corrected chi connectivity index (χ0v) is 16.1. The average Bonchev–Trinajstić information content (AvgIpc) is 2.69. The van der Waals surface area contributed by atoms with Crippen LogP contribution in [0.25, 0.3) is 0 Å². The van der Waals surface area contributed by atoms with Crippen molar-refractivity contribution in [2.75, 3.05) is 0 Å². The van der Waals surface area contributed by atoms with Gasteiger partial charge in [-0.25, -0.2) is 4.83 Å². The first-order valence-electron chi connectivity index (χ1n) is 8.65. The van der Waals surface area contributed by atoms with Gasteiger partial charge in [-0.15, -0.1) is 0 Å². The number of nitrogens with one attached hydrogen (secondary N) is 1. The Morgan fingerprint density at radius 1 is 0.815 bits per heavy atom. The van der Waals surface area contributed by atoms with Crippen molar-refractivity contribution in [3.8, 4) is 0 Å². The maximum Gasteiger partial charge on any atom is 0.276 e. The van der Waals surface area contributed by atoms with Crippen LogP contribution in [0, 0.1) is 6.92 Å². The Bertz CT molecular complexity index is 973. The third kappa shape index (κ3) is 4.26. The van der Waals surface area contributed by atoms with Crippen LogP contribution in [0.2, 0.25) is 0 Å². The van der Waals surface area contributed by atoms with Crippen molar-refractivity contribution >= 4 is 16.2 Å². The standard InChI is InChI=1S/C22H22N2O2S/c1-18-13-15-21(16-14-18)27(25,26)24-23-17-22(2,19-9-5-3-6-10-19)20-11-7-4-8-12-20/h3-17,24H,1-2H3/b23-17+. The fraction of sp³-hybridized carbons (Fsp3) is 0.136. The van der Waals surface area contributed by atoms with Gasteiger partial charge < -0.3 is 0 Å². The molecule has 3 aromatic rings. The fourth-order valence-corrected chi connectivity index (χ4v) is 3.67. The van der Waals surface area contributed by atoms with Crippen LogP contribution in [-0.2, 0) is 15.4 Å². The van der Waals surface area contributed by atoms with Gasteiger partial charge in [0.15, 0.2) is 0 Å². The van der Waals surface area contributed by atoms with Crippen LogP contribution in [0.15, 0.2) is 94.9 Å². The summed E-state index contributed by atoms with van der Waals surface area (Å²) in [6.45, 7) is 3.93. The maximum atomic E-state index is 12.5. The molecule has 0 radical (unpaired) electrons. The van der Waals surface area contributed by atoms with E-state index in [0.717, 1.165) is 16.7 Å². The van der Waals surface area contributed by atoms with Gasteiger partial charge in [-0.05, 0) is 37.1 Å². The van der Waals surface area contributed by atoms with Crippen LogP contribution in [0.5, 0.6) is 0 Å². The van der Waals surface area contributed by atoms with E-state index in [1.54, 1.807) is 30.5 Å². The second kappa shape index (κ2) is 7.76. The predicted octanol–water partition coefficient (Wildman–Crippen LogP) is 4.27. The molecule has 0 saturated heterocycles. The summed E-state index contributed by atoms with van der Waals surface area (Å²) in [7, 11) is -3.71. The third-order valence-corrected chi connectivity index (χ3v) is 5.81. The van der Waals surface area contributed by atoms with Gasteiger partial charge in [0.1, 0.15) is 0 Å². The molecule has 0 heterocycles. The Hall–Kier alpha value is -2.92. The highest BCUT2D eigenvalue weighted by Gasteiger charge is 2.27. The molecule has 3 rings (SSSR count). The van der Waals surface area contributed by atoms with Gasteiger partial charge in [0, 0.05) is 6.21 Å². The normalized spacial score (nSPS) is 12.2. The lowest BCUT2D eigenvalue weighted by atomic mass is 9.77. The molecule has 4 nitrogen and oxygen atoms in total. The zero-order valence-electron chi connectivity index (χ0n) is 15.3. The summed E-state index contributed by atoms with van der Waals surface area (Å²) in [5, 5.41) is 4.10. The summed E-state index contributed by atoms with van der Waals surface area (Å²) in [6, 6.07) is 26.4. The number of hydrazone groups is 1. The number of aryl methyl sites for hydroxylation is 1. The van der Waals surface area contributed by atoms with E-state index < -0.39 is 15.4 Å². The van der Waals surface area contributed by atoms with E-state index in [-0.39, 0.29) is 4.90 Å². The van der Waals surface area contributed by atoms with Crippen molar-refractivity contribution in [2.45, 2.75) is 24.2 Å². The number of nitrogens with zero attached hydrogens (tertiary/aromatic N) is 1. The molecule has 0 bridgehead atoms. The van der Waals surface area contributed by atoms with Gasteiger partial charge in [0.05, 0.1) is 10.3 Å². The van der Waals surface area contributed by atoms with Crippen LogP contribution in [0.3, 0.4) is 0 Å². The zero-order chi connectivity index (χ0) is 19.3. The van der Waals surface area contributed by atoms with Crippen LogP contribution in [0.4, 0.5) is 0 Å². The maximum absolute atomic E-state index is 12.5. The first kappa shape index (κ1) is 18.9. The molecule has 0 aliphatic heterocycles. The van der Waals surface area contributed by atoms with E-state index in [0.29, 0.717) is 0 Å². The number of benzene rings is 3. The minimum Gasteiger partial charge on any atom is -0.200 e. The van der Waals surface area contributed by atoms with Gasteiger partial charge in [-0.3, -0.25) is 0 Å². The second-order valence-corrected chi connectivity index (χ2v) is 8.26.